The van der Waals surface area contributed by atoms with Crippen LogP contribution in [0.4, 0.5) is 0 Å². The maximum absolute atomic E-state index is 5.62. The Labute approximate surface area is 135 Å². The topological polar surface area (TPSA) is 12.5 Å². The molecule has 2 aromatic rings. The number of aryl methyl sites for hydroxylation is 1. The minimum Gasteiger partial charge on any atom is -0.378 e. The molecular formula is C20H29NO. The van der Waals surface area contributed by atoms with Gasteiger partial charge in [0.05, 0.1) is 13.2 Å². The summed E-state index contributed by atoms with van der Waals surface area (Å²) in [6.07, 6.45) is 0. The van der Waals surface area contributed by atoms with Crippen molar-refractivity contribution in [1.82, 2.24) is 4.90 Å². The monoisotopic (exact) mass is 299 g/mol. The molecule has 1 heterocycles. The van der Waals surface area contributed by atoms with Gasteiger partial charge in [-0.25, -0.2) is 0 Å². The van der Waals surface area contributed by atoms with Gasteiger partial charge < -0.3 is 4.74 Å². The molecule has 0 saturated carbocycles. The zero-order chi connectivity index (χ0) is 16.2. The summed E-state index contributed by atoms with van der Waals surface area (Å²) < 4.78 is 5.62. The van der Waals surface area contributed by atoms with Gasteiger partial charge in [-0.2, -0.15) is 0 Å². The average molecular weight is 299 g/mol. The third-order valence-corrected chi connectivity index (χ3v) is 4.41. The van der Waals surface area contributed by atoms with Crippen LogP contribution in [0.5, 0.6) is 0 Å². The summed E-state index contributed by atoms with van der Waals surface area (Å²) in [5.41, 5.74) is 2.89. The van der Waals surface area contributed by atoms with Crippen LogP contribution < -0.4 is 0 Å². The molecule has 0 radical (unpaired) electrons. The number of fused-ring (bicyclic) bond motifs is 1. The second-order valence-corrected chi connectivity index (χ2v) is 6.37. The van der Waals surface area contributed by atoms with Gasteiger partial charge in [0, 0.05) is 18.6 Å². The van der Waals surface area contributed by atoms with Gasteiger partial charge in [0.15, 0.2) is 0 Å². The van der Waals surface area contributed by atoms with E-state index in [1.165, 1.54) is 21.9 Å². The Morgan fingerprint density at radius 1 is 1.05 bits per heavy atom. The fraction of sp³-hybridized carbons (Fsp3) is 0.500. The van der Waals surface area contributed by atoms with E-state index in [0.29, 0.717) is 0 Å². The Kier molecular flexibility index (Phi) is 5.60. The van der Waals surface area contributed by atoms with Crippen molar-refractivity contribution in [2.45, 2.75) is 46.7 Å². The minimum atomic E-state index is 0.115. The Hall–Kier alpha value is -1.38. The first-order valence-electron chi connectivity index (χ1n) is 8.38. The fourth-order valence-electron chi connectivity index (χ4n) is 3.04. The third kappa shape index (κ3) is 3.50. The van der Waals surface area contributed by atoms with E-state index in [1.807, 2.05) is 13.8 Å². The van der Waals surface area contributed by atoms with Gasteiger partial charge in [-0.05, 0) is 42.7 Å². The van der Waals surface area contributed by atoms with Crippen LogP contribution >= 0.6 is 0 Å². The largest absolute Gasteiger partial charge is 0.378 e. The molecule has 3 rings (SSSR count). The van der Waals surface area contributed by atoms with Gasteiger partial charge in [0.1, 0.15) is 0 Å². The Balaban J connectivity index is 0.000000847. The molecule has 1 aliphatic heterocycles. The highest BCUT2D eigenvalue weighted by Gasteiger charge is 2.30. The van der Waals surface area contributed by atoms with Gasteiger partial charge in [0.25, 0.3) is 0 Å². The molecule has 1 saturated heterocycles. The molecule has 0 atom stereocenters. The maximum atomic E-state index is 5.62. The van der Waals surface area contributed by atoms with Crippen molar-refractivity contribution >= 4 is 10.8 Å². The van der Waals surface area contributed by atoms with Crippen LogP contribution in [0.15, 0.2) is 36.4 Å². The van der Waals surface area contributed by atoms with Crippen LogP contribution in [0.2, 0.25) is 0 Å². The number of rotatable bonds is 2. The van der Waals surface area contributed by atoms with E-state index in [9.17, 15) is 0 Å². The van der Waals surface area contributed by atoms with E-state index in [0.717, 1.165) is 26.3 Å². The summed E-state index contributed by atoms with van der Waals surface area (Å²) in [6.45, 7) is 14.4. The van der Waals surface area contributed by atoms with Crippen molar-refractivity contribution in [3.05, 3.63) is 47.5 Å². The average Bonchev–Trinajstić information content (AvgIpc) is 2.54. The minimum absolute atomic E-state index is 0.115. The molecule has 0 bridgehead atoms. The second kappa shape index (κ2) is 7.26. The quantitative estimate of drug-likeness (QED) is 0.791. The summed E-state index contributed by atoms with van der Waals surface area (Å²) in [6, 6.07) is 13.2. The summed E-state index contributed by atoms with van der Waals surface area (Å²) >= 11 is 0. The van der Waals surface area contributed by atoms with Crippen LogP contribution in [-0.2, 0) is 11.3 Å². The molecule has 1 aliphatic rings. The van der Waals surface area contributed by atoms with Crippen LogP contribution in [0.3, 0.4) is 0 Å². The van der Waals surface area contributed by atoms with Gasteiger partial charge in [0.2, 0.25) is 0 Å². The maximum Gasteiger partial charge on any atom is 0.0645 e. The first kappa shape index (κ1) is 17.0. The molecule has 0 spiro atoms. The number of ether oxygens (including phenoxy) is 1. The van der Waals surface area contributed by atoms with Crippen molar-refractivity contribution < 1.29 is 4.74 Å². The van der Waals surface area contributed by atoms with Gasteiger partial charge in [-0.1, -0.05) is 50.2 Å². The molecule has 0 N–H and O–H groups in total. The highest BCUT2D eigenvalue weighted by molar-refractivity contribution is 5.88. The molecule has 0 aliphatic carbocycles. The van der Waals surface area contributed by atoms with E-state index >= 15 is 0 Å². The van der Waals surface area contributed by atoms with E-state index in [2.05, 4.69) is 62.1 Å². The number of hydrogen-bond acceptors (Lipinski definition) is 2. The lowest BCUT2D eigenvalue weighted by Crippen LogP contribution is -2.52. The van der Waals surface area contributed by atoms with Crippen LogP contribution in [0.1, 0.15) is 38.8 Å². The standard InChI is InChI=1S/C18H23NO.C2H6/c1-14-8-9-15(17-7-5-4-6-16(14)17)12-19-10-11-20-13-18(19,2)3;1-2/h4-9H,10-13H2,1-3H3;1-2H3. The van der Waals surface area contributed by atoms with Crippen molar-refractivity contribution in [1.29, 1.82) is 0 Å². The van der Waals surface area contributed by atoms with E-state index < -0.39 is 0 Å². The smallest absolute Gasteiger partial charge is 0.0645 e. The van der Waals surface area contributed by atoms with Crippen molar-refractivity contribution in [3.8, 4) is 0 Å². The Morgan fingerprint density at radius 3 is 2.41 bits per heavy atom. The van der Waals surface area contributed by atoms with Crippen LogP contribution in [0, 0.1) is 6.92 Å². The number of benzene rings is 2. The Morgan fingerprint density at radius 2 is 1.73 bits per heavy atom. The predicted octanol–water partition coefficient (Wildman–Crippen LogP) is 4.79. The molecule has 120 valence electrons. The first-order valence-corrected chi connectivity index (χ1v) is 8.38. The third-order valence-electron chi connectivity index (χ3n) is 4.41. The molecule has 0 unspecified atom stereocenters. The van der Waals surface area contributed by atoms with Crippen LogP contribution in [-0.4, -0.2) is 30.2 Å². The van der Waals surface area contributed by atoms with E-state index in [1.54, 1.807) is 0 Å². The van der Waals surface area contributed by atoms with E-state index in [4.69, 9.17) is 4.74 Å². The molecule has 22 heavy (non-hydrogen) atoms. The normalized spacial score (nSPS) is 17.9. The SMILES string of the molecule is CC.Cc1ccc(CN2CCOCC2(C)C)c2ccccc12. The lowest BCUT2D eigenvalue weighted by atomic mass is 9.97. The van der Waals surface area contributed by atoms with Gasteiger partial charge in [-0.15, -0.1) is 0 Å². The van der Waals surface area contributed by atoms with E-state index in [-0.39, 0.29) is 5.54 Å². The summed E-state index contributed by atoms with van der Waals surface area (Å²) in [5.74, 6) is 0. The molecule has 2 nitrogen and oxygen atoms in total. The predicted molar refractivity (Wildman–Crippen MR) is 95.3 cm³/mol. The molecule has 0 amide bonds. The molecule has 2 aromatic carbocycles. The van der Waals surface area contributed by atoms with Crippen molar-refractivity contribution in [3.63, 3.8) is 0 Å². The summed E-state index contributed by atoms with van der Waals surface area (Å²) in [7, 11) is 0. The lowest BCUT2D eigenvalue weighted by Gasteiger charge is -2.42. The molecule has 1 fully saturated rings. The van der Waals surface area contributed by atoms with Crippen molar-refractivity contribution in [2.75, 3.05) is 19.8 Å². The second-order valence-electron chi connectivity index (χ2n) is 6.37. The number of nitrogens with zero attached hydrogens (tertiary/aromatic N) is 1. The zero-order valence-corrected chi connectivity index (χ0v) is 14.6. The first-order chi connectivity index (χ1) is 10.6. The van der Waals surface area contributed by atoms with Gasteiger partial charge in [-0.3, -0.25) is 4.90 Å². The van der Waals surface area contributed by atoms with Crippen molar-refractivity contribution in [2.24, 2.45) is 0 Å². The zero-order valence-electron chi connectivity index (χ0n) is 14.6. The lowest BCUT2D eigenvalue weighted by molar-refractivity contribution is -0.0551. The molecular weight excluding hydrogens is 270 g/mol. The molecule has 2 heteroatoms. The summed E-state index contributed by atoms with van der Waals surface area (Å²) in [4.78, 5) is 2.54. The summed E-state index contributed by atoms with van der Waals surface area (Å²) in [5, 5.41) is 2.76. The highest BCUT2D eigenvalue weighted by atomic mass is 16.5. The fourth-order valence-corrected chi connectivity index (χ4v) is 3.04. The Bertz CT molecular complexity index is 618. The number of hydrogen-bond donors (Lipinski definition) is 0. The highest BCUT2D eigenvalue weighted by Crippen LogP contribution is 2.27. The molecule has 0 aromatic heterocycles. The number of morpholine rings is 1. The van der Waals surface area contributed by atoms with Crippen LogP contribution in [0.25, 0.3) is 10.8 Å². The van der Waals surface area contributed by atoms with Gasteiger partial charge >= 0.3 is 0 Å².